The summed E-state index contributed by atoms with van der Waals surface area (Å²) >= 11 is 6.20. The zero-order valence-electron chi connectivity index (χ0n) is 14.9. The SMILES string of the molecule is CCOc1cc(C#N)cc(Cl)c1OC(=O)C1CCN(c2ncccn2)CC1. The van der Waals surface area contributed by atoms with Gasteiger partial charge in [0.1, 0.15) is 0 Å². The summed E-state index contributed by atoms with van der Waals surface area (Å²) < 4.78 is 11.0. The molecule has 0 amide bonds. The number of benzene rings is 1. The van der Waals surface area contributed by atoms with E-state index < -0.39 is 0 Å². The zero-order valence-corrected chi connectivity index (χ0v) is 15.6. The van der Waals surface area contributed by atoms with Crippen LogP contribution in [0.4, 0.5) is 5.95 Å². The van der Waals surface area contributed by atoms with Crippen molar-refractivity contribution in [2.24, 2.45) is 5.92 Å². The average molecular weight is 387 g/mol. The number of ether oxygens (including phenoxy) is 2. The van der Waals surface area contributed by atoms with Crippen molar-refractivity contribution in [2.45, 2.75) is 19.8 Å². The van der Waals surface area contributed by atoms with E-state index in [0.717, 1.165) is 0 Å². The first-order valence-electron chi connectivity index (χ1n) is 8.72. The van der Waals surface area contributed by atoms with Crippen molar-refractivity contribution in [3.8, 4) is 17.6 Å². The summed E-state index contributed by atoms with van der Waals surface area (Å²) in [4.78, 5) is 23.1. The van der Waals surface area contributed by atoms with Crippen LogP contribution in [-0.4, -0.2) is 35.6 Å². The molecule has 0 saturated carbocycles. The maximum Gasteiger partial charge on any atom is 0.314 e. The second-order valence-corrected chi connectivity index (χ2v) is 6.47. The van der Waals surface area contributed by atoms with Gasteiger partial charge in [0, 0.05) is 31.5 Å². The standard InChI is InChI=1S/C19H19ClN4O3/c1-2-26-16-11-13(12-21)10-15(20)17(16)27-18(25)14-4-8-24(9-5-14)19-22-6-3-7-23-19/h3,6-7,10-11,14H,2,4-5,8-9H2,1H3. The van der Waals surface area contributed by atoms with Gasteiger partial charge in [0.2, 0.25) is 5.95 Å². The fourth-order valence-corrected chi connectivity index (χ4v) is 3.20. The predicted molar refractivity (Wildman–Crippen MR) is 99.9 cm³/mol. The van der Waals surface area contributed by atoms with E-state index in [1.165, 1.54) is 12.1 Å². The van der Waals surface area contributed by atoms with Crippen LogP contribution in [0.2, 0.25) is 5.02 Å². The fourth-order valence-electron chi connectivity index (χ4n) is 2.95. The minimum Gasteiger partial charge on any atom is -0.490 e. The quantitative estimate of drug-likeness (QED) is 0.575. The van der Waals surface area contributed by atoms with Crippen molar-refractivity contribution in [1.82, 2.24) is 9.97 Å². The van der Waals surface area contributed by atoms with E-state index in [0.29, 0.717) is 49.8 Å². The Hall–Kier alpha value is -2.85. The molecule has 140 valence electrons. The maximum atomic E-state index is 12.6. The zero-order chi connectivity index (χ0) is 19.2. The van der Waals surface area contributed by atoms with E-state index in [2.05, 4.69) is 9.97 Å². The number of nitrogens with zero attached hydrogens (tertiary/aromatic N) is 4. The second kappa shape index (κ2) is 8.69. The normalized spacial score (nSPS) is 14.5. The van der Waals surface area contributed by atoms with Crippen LogP contribution in [-0.2, 0) is 4.79 Å². The Morgan fingerprint density at radius 2 is 2.04 bits per heavy atom. The highest BCUT2D eigenvalue weighted by Gasteiger charge is 2.29. The van der Waals surface area contributed by atoms with Gasteiger partial charge in [-0.25, -0.2) is 9.97 Å². The van der Waals surface area contributed by atoms with Gasteiger partial charge in [0.05, 0.1) is 29.2 Å². The summed E-state index contributed by atoms with van der Waals surface area (Å²) in [5, 5.41) is 9.24. The number of hydrogen-bond acceptors (Lipinski definition) is 7. The first kappa shape index (κ1) is 18.9. The fraction of sp³-hybridized carbons (Fsp3) is 0.368. The van der Waals surface area contributed by atoms with Crippen LogP contribution < -0.4 is 14.4 Å². The molecule has 0 atom stereocenters. The Morgan fingerprint density at radius 3 is 2.67 bits per heavy atom. The second-order valence-electron chi connectivity index (χ2n) is 6.06. The van der Waals surface area contributed by atoms with Gasteiger partial charge in [-0.2, -0.15) is 5.26 Å². The van der Waals surface area contributed by atoms with E-state index in [9.17, 15) is 4.79 Å². The molecule has 1 aromatic heterocycles. The smallest absolute Gasteiger partial charge is 0.314 e. The molecule has 3 rings (SSSR count). The Morgan fingerprint density at radius 1 is 1.33 bits per heavy atom. The minimum atomic E-state index is -0.351. The van der Waals surface area contributed by atoms with Crippen molar-refractivity contribution in [1.29, 1.82) is 5.26 Å². The molecular weight excluding hydrogens is 368 g/mol. The average Bonchev–Trinajstić information content (AvgIpc) is 2.71. The molecule has 1 saturated heterocycles. The van der Waals surface area contributed by atoms with Crippen LogP contribution in [0.15, 0.2) is 30.6 Å². The topological polar surface area (TPSA) is 88.3 Å². The number of aromatic nitrogens is 2. The highest BCUT2D eigenvalue weighted by atomic mass is 35.5. The van der Waals surface area contributed by atoms with Crippen LogP contribution in [0.3, 0.4) is 0 Å². The van der Waals surface area contributed by atoms with Gasteiger partial charge in [-0.15, -0.1) is 0 Å². The van der Waals surface area contributed by atoms with Crippen LogP contribution in [0, 0.1) is 17.2 Å². The molecule has 0 bridgehead atoms. The van der Waals surface area contributed by atoms with Gasteiger partial charge in [-0.3, -0.25) is 4.79 Å². The lowest BCUT2D eigenvalue weighted by Gasteiger charge is -2.30. The minimum absolute atomic E-state index is 0.163. The molecule has 1 aromatic carbocycles. The van der Waals surface area contributed by atoms with E-state index >= 15 is 0 Å². The molecule has 0 spiro atoms. The van der Waals surface area contributed by atoms with E-state index in [-0.39, 0.29) is 22.7 Å². The van der Waals surface area contributed by atoms with Crippen molar-refractivity contribution < 1.29 is 14.3 Å². The molecule has 8 heteroatoms. The van der Waals surface area contributed by atoms with E-state index in [4.69, 9.17) is 26.3 Å². The highest BCUT2D eigenvalue weighted by Crippen LogP contribution is 2.37. The molecule has 0 unspecified atom stereocenters. The van der Waals surface area contributed by atoms with Crippen molar-refractivity contribution >= 4 is 23.5 Å². The number of carbonyl (C=O) groups is 1. The number of halogens is 1. The number of hydrogen-bond donors (Lipinski definition) is 0. The maximum absolute atomic E-state index is 12.6. The van der Waals surface area contributed by atoms with Crippen molar-refractivity contribution in [3.05, 3.63) is 41.2 Å². The van der Waals surface area contributed by atoms with Crippen LogP contribution in [0.25, 0.3) is 0 Å². The molecule has 27 heavy (non-hydrogen) atoms. The van der Waals surface area contributed by atoms with Crippen LogP contribution >= 0.6 is 11.6 Å². The number of rotatable bonds is 5. The Balaban J connectivity index is 1.67. The van der Waals surface area contributed by atoms with Gasteiger partial charge in [-0.1, -0.05) is 11.6 Å². The van der Waals surface area contributed by atoms with Crippen LogP contribution in [0.5, 0.6) is 11.5 Å². The monoisotopic (exact) mass is 386 g/mol. The third-order valence-corrected chi connectivity index (χ3v) is 4.59. The van der Waals surface area contributed by atoms with Gasteiger partial charge >= 0.3 is 5.97 Å². The molecule has 0 N–H and O–H groups in total. The Kier molecular flexibility index (Phi) is 6.09. The van der Waals surface area contributed by atoms with Crippen molar-refractivity contribution in [2.75, 3.05) is 24.6 Å². The molecule has 1 fully saturated rings. The molecule has 7 nitrogen and oxygen atoms in total. The lowest BCUT2D eigenvalue weighted by Crippen LogP contribution is -2.38. The third kappa shape index (κ3) is 4.47. The molecule has 1 aliphatic heterocycles. The van der Waals surface area contributed by atoms with Gasteiger partial charge < -0.3 is 14.4 Å². The Labute approximate surface area is 162 Å². The third-order valence-electron chi connectivity index (χ3n) is 4.30. The summed E-state index contributed by atoms with van der Waals surface area (Å²) in [6, 6.07) is 6.76. The summed E-state index contributed by atoms with van der Waals surface area (Å²) in [5.74, 6) is 0.529. The van der Waals surface area contributed by atoms with Crippen molar-refractivity contribution in [3.63, 3.8) is 0 Å². The largest absolute Gasteiger partial charge is 0.490 e. The first-order valence-corrected chi connectivity index (χ1v) is 9.10. The number of anilines is 1. The number of piperidine rings is 1. The van der Waals surface area contributed by atoms with E-state index in [1.54, 1.807) is 25.4 Å². The molecule has 2 heterocycles. The highest BCUT2D eigenvalue weighted by molar-refractivity contribution is 6.32. The number of nitriles is 1. The lowest BCUT2D eigenvalue weighted by molar-refractivity contribution is -0.139. The first-order chi connectivity index (χ1) is 13.1. The molecular formula is C19H19ClN4O3. The Bertz CT molecular complexity index is 846. The van der Waals surface area contributed by atoms with Gasteiger partial charge in [0.25, 0.3) is 0 Å². The van der Waals surface area contributed by atoms with E-state index in [1.807, 2.05) is 11.0 Å². The summed E-state index contributed by atoms with van der Waals surface area (Å²) in [6.45, 7) is 3.51. The lowest BCUT2D eigenvalue weighted by atomic mass is 9.97. The van der Waals surface area contributed by atoms with Gasteiger partial charge in [0.15, 0.2) is 11.5 Å². The molecule has 0 aliphatic carbocycles. The number of carbonyl (C=O) groups excluding carboxylic acids is 1. The number of esters is 1. The van der Waals surface area contributed by atoms with Gasteiger partial charge in [-0.05, 0) is 31.9 Å². The van der Waals surface area contributed by atoms with Crippen LogP contribution in [0.1, 0.15) is 25.3 Å². The molecule has 0 radical (unpaired) electrons. The molecule has 1 aliphatic rings. The predicted octanol–water partition coefficient (Wildman–Crippen LogP) is 3.22. The summed E-state index contributed by atoms with van der Waals surface area (Å²) in [6.07, 6.45) is 4.67. The molecule has 2 aromatic rings. The summed E-state index contributed by atoms with van der Waals surface area (Å²) in [5.41, 5.74) is 0.347. The summed E-state index contributed by atoms with van der Waals surface area (Å²) in [7, 11) is 0.